The first kappa shape index (κ1) is 20.9. The van der Waals surface area contributed by atoms with E-state index in [0.717, 1.165) is 61.2 Å². The van der Waals surface area contributed by atoms with Crippen LogP contribution in [-0.4, -0.2) is 72.4 Å². The van der Waals surface area contributed by atoms with Gasteiger partial charge in [-0.25, -0.2) is 4.68 Å². The summed E-state index contributed by atoms with van der Waals surface area (Å²) in [6.45, 7) is 6.38. The molecule has 7 nitrogen and oxygen atoms in total. The molecule has 3 aromatic rings. The second kappa shape index (κ2) is 9.22. The summed E-state index contributed by atoms with van der Waals surface area (Å²) in [5.41, 5.74) is 3.05. The van der Waals surface area contributed by atoms with Crippen LogP contribution in [0.5, 0.6) is 11.5 Å². The maximum atomic E-state index is 13.5. The zero-order valence-corrected chi connectivity index (χ0v) is 18.2. The van der Waals surface area contributed by atoms with Crippen LogP contribution in [0.3, 0.4) is 0 Å². The largest absolute Gasteiger partial charge is 0.497 e. The van der Waals surface area contributed by atoms with Crippen molar-refractivity contribution in [2.24, 2.45) is 0 Å². The highest BCUT2D eigenvalue weighted by molar-refractivity contribution is 5.94. The van der Waals surface area contributed by atoms with Gasteiger partial charge < -0.3 is 19.3 Å². The number of benzene rings is 2. The minimum absolute atomic E-state index is 0.00108. The highest BCUT2D eigenvalue weighted by Gasteiger charge is 2.26. The third-order valence-corrected chi connectivity index (χ3v) is 5.74. The molecule has 2 heterocycles. The SMILES string of the molecule is CCN1CCN(C(=O)c2cc(-c3ccc(OC)cc3)nn2-c2ccc(OC)cc2)CC1. The van der Waals surface area contributed by atoms with Crippen molar-refractivity contribution < 1.29 is 14.3 Å². The molecule has 2 aromatic carbocycles. The summed E-state index contributed by atoms with van der Waals surface area (Å²) < 4.78 is 12.3. The topological polar surface area (TPSA) is 59.8 Å². The van der Waals surface area contributed by atoms with Crippen molar-refractivity contribution in [2.75, 3.05) is 46.9 Å². The predicted octanol–water partition coefficient (Wildman–Crippen LogP) is 3.33. The van der Waals surface area contributed by atoms with E-state index in [1.807, 2.05) is 59.5 Å². The molecule has 0 aliphatic carbocycles. The molecule has 1 amide bonds. The Morgan fingerprint density at radius 2 is 1.48 bits per heavy atom. The number of likely N-dealkylation sites (N-methyl/N-ethyl adjacent to an activating group) is 1. The van der Waals surface area contributed by atoms with Crippen LogP contribution in [-0.2, 0) is 0 Å². The third-order valence-electron chi connectivity index (χ3n) is 5.74. The second-order valence-corrected chi connectivity index (χ2v) is 7.48. The monoisotopic (exact) mass is 420 g/mol. The Morgan fingerprint density at radius 1 is 0.903 bits per heavy atom. The van der Waals surface area contributed by atoms with Crippen LogP contribution in [0, 0.1) is 0 Å². The molecule has 0 unspecified atom stereocenters. The standard InChI is InChI=1S/C24H28N4O3/c1-4-26-13-15-27(16-14-26)24(29)23-17-22(18-5-9-20(30-2)10-6-18)25-28(23)19-7-11-21(31-3)12-8-19/h5-12,17H,4,13-16H2,1-3H3. The number of aromatic nitrogens is 2. The fourth-order valence-corrected chi connectivity index (χ4v) is 3.79. The van der Waals surface area contributed by atoms with Gasteiger partial charge in [0.2, 0.25) is 0 Å². The number of rotatable bonds is 6. The summed E-state index contributed by atoms with van der Waals surface area (Å²) in [5, 5.41) is 4.79. The zero-order chi connectivity index (χ0) is 21.8. The average Bonchev–Trinajstić information content (AvgIpc) is 3.29. The Morgan fingerprint density at radius 3 is 2.03 bits per heavy atom. The number of carbonyl (C=O) groups is 1. The number of amides is 1. The van der Waals surface area contributed by atoms with Gasteiger partial charge in [0, 0.05) is 31.7 Å². The molecular formula is C24H28N4O3. The van der Waals surface area contributed by atoms with E-state index >= 15 is 0 Å². The Bertz CT molecular complexity index is 1020. The summed E-state index contributed by atoms with van der Waals surface area (Å²) >= 11 is 0. The quantitative estimate of drug-likeness (QED) is 0.612. The molecule has 1 saturated heterocycles. The number of methoxy groups -OCH3 is 2. The van der Waals surface area contributed by atoms with Gasteiger partial charge in [0.1, 0.15) is 17.2 Å². The number of ether oxygens (including phenoxy) is 2. The van der Waals surface area contributed by atoms with Crippen molar-refractivity contribution in [3.8, 4) is 28.4 Å². The second-order valence-electron chi connectivity index (χ2n) is 7.48. The van der Waals surface area contributed by atoms with Crippen LogP contribution in [0.4, 0.5) is 0 Å². The van der Waals surface area contributed by atoms with Crippen LogP contribution in [0.1, 0.15) is 17.4 Å². The lowest BCUT2D eigenvalue weighted by Crippen LogP contribution is -2.48. The first-order valence-electron chi connectivity index (χ1n) is 10.5. The van der Waals surface area contributed by atoms with E-state index in [-0.39, 0.29) is 5.91 Å². The summed E-state index contributed by atoms with van der Waals surface area (Å²) in [5.74, 6) is 1.54. The van der Waals surface area contributed by atoms with Crippen LogP contribution in [0.15, 0.2) is 54.6 Å². The minimum atomic E-state index is -0.00108. The number of nitrogens with zero attached hydrogens (tertiary/aromatic N) is 4. The van der Waals surface area contributed by atoms with Crippen LogP contribution in [0.25, 0.3) is 16.9 Å². The van der Waals surface area contributed by atoms with Crippen molar-refractivity contribution in [3.63, 3.8) is 0 Å². The molecule has 31 heavy (non-hydrogen) atoms. The molecule has 162 valence electrons. The molecule has 1 aliphatic rings. The number of hydrogen-bond acceptors (Lipinski definition) is 5. The maximum Gasteiger partial charge on any atom is 0.272 e. The van der Waals surface area contributed by atoms with Gasteiger partial charge in [0.05, 0.1) is 25.6 Å². The molecule has 1 aromatic heterocycles. The van der Waals surface area contributed by atoms with Gasteiger partial charge in [-0.1, -0.05) is 6.92 Å². The van der Waals surface area contributed by atoms with Crippen LogP contribution >= 0.6 is 0 Å². The lowest BCUT2D eigenvalue weighted by Gasteiger charge is -2.34. The van der Waals surface area contributed by atoms with Crippen molar-refractivity contribution >= 4 is 5.91 Å². The van der Waals surface area contributed by atoms with Gasteiger partial charge in [-0.05, 0) is 61.1 Å². The van der Waals surface area contributed by atoms with Crippen molar-refractivity contribution in [1.29, 1.82) is 0 Å². The number of hydrogen-bond donors (Lipinski definition) is 0. The van der Waals surface area contributed by atoms with E-state index in [2.05, 4.69) is 11.8 Å². The molecule has 1 aliphatic heterocycles. The van der Waals surface area contributed by atoms with Gasteiger partial charge in [0.15, 0.2) is 0 Å². The normalized spacial score (nSPS) is 14.5. The zero-order valence-electron chi connectivity index (χ0n) is 18.2. The molecule has 1 fully saturated rings. The molecule has 4 rings (SSSR count). The fraction of sp³-hybridized carbons (Fsp3) is 0.333. The first-order valence-corrected chi connectivity index (χ1v) is 10.5. The van der Waals surface area contributed by atoms with Gasteiger partial charge in [-0.2, -0.15) is 5.10 Å². The first-order chi connectivity index (χ1) is 15.1. The van der Waals surface area contributed by atoms with Crippen LogP contribution < -0.4 is 9.47 Å². The van der Waals surface area contributed by atoms with Crippen molar-refractivity contribution in [2.45, 2.75) is 6.92 Å². The lowest BCUT2D eigenvalue weighted by atomic mass is 10.1. The predicted molar refractivity (Wildman–Crippen MR) is 120 cm³/mol. The highest BCUT2D eigenvalue weighted by Crippen LogP contribution is 2.26. The van der Waals surface area contributed by atoms with Crippen LogP contribution in [0.2, 0.25) is 0 Å². The van der Waals surface area contributed by atoms with E-state index in [4.69, 9.17) is 14.6 Å². The smallest absolute Gasteiger partial charge is 0.272 e. The molecule has 7 heteroatoms. The van der Waals surface area contributed by atoms with Crippen molar-refractivity contribution in [1.82, 2.24) is 19.6 Å². The number of piperazine rings is 1. The molecule has 0 spiro atoms. The molecule has 0 atom stereocenters. The van der Waals surface area contributed by atoms with Gasteiger partial charge in [-0.3, -0.25) is 4.79 Å². The summed E-state index contributed by atoms with van der Waals surface area (Å²) in [4.78, 5) is 17.7. The highest BCUT2D eigenvalue weighted by atomic mass is 16.5. The third kappa shape index (κ3) is 4.41. The average molecular weight is 421 g/mol. The number of carbonyl (C=O) groups excluding carboxylic acids is 1. The van der Waals surface area contributed by atoms with E-state index in [1.54, 1.807) is 18.9 Å². The molecule has 0 saturated carbocycles. The fourth-order valence-electron chi connectivity index (χ4n) is 3.79. The van der Waals surface area contributed by atoms with Gasteiger partial charge >= 0.3 is 0 Å². The Labute approximate surface area is 182 Å². The lowest BCUT2D eigenvalue weighted by molar-refractivity contribution is 0.0634. The Kier molecular flexibility index (Phi) is 6.23. The van der Waals surface area contributed by atoms with Gasteiger partial charge in [0.25, 0.3) is 5.91 Å². The van der Waals surface area contributed by atoms with E-state index in [1.165, 1.54) is 0 Å². The minimum Gasteiger partial charge on any atom is -0.497 e. The molecule has 0 bridgehead atoms. The molecule has 0 N–H and O–H groups in total. The van der Waals surface area contributed by atoms with Gasteiger partial charge in [-0.15, -0.1) is 0 Å². The Balaban J connectivity index is 1.70. The summed E-state index contributed by atoms with van der Waals surface area (Å²) in [7, 11) is 3.28. The summed E-state index contributed by atoms with van der Waals surface area (Å²) in [6.07, 6.45) is 0. The van der Waals surface area contributed by atoms with Crippen molar-refractivity contribution in [3.05, 3.63) is 60.3 Å². The van der Waals surface area contributed by atoms with E-state index in [0.29, 0.717) is 5.69 Å². The van der Waals surface area contributed by atoms with E-state index in [9.17, 15) is 4.79 Å². The van der Waals surface area contributed by atoms with E-state index < -0.39 is 0 Å². The summed E-state index contributed by atoms with van der Waals surface area (Å²) in [6, 6.07) is 17.1. The maximum absolute atomic E-state index is 13.5. The molecule has 0 radical (unpaired) electrons. The molecular weight excluding hydrogens is 392 g/mol. The Hall–Kier alpha value is -3.32.